The third-order valence-corrected chi connectivity index (χ3v) is 1.03. The molecule has 1 atom stereocenters. The van der Waals surface area contributed by atoms with E-state index in [0.29, 0.717) is 5.82 Å². The minimum absolute atomic E-state index is 0.00407. The van der Waals surface area contributed by atoms with Crippen molar-refractivity contribution in [1.82, 2.24) is 9.97 Å². The van der Waals surface area contributed by atoms with Crippen molar-refractivity contribution in [3.63, 3.8) is 0 Å². The van der Waals surface area contributed by atoms with Gasteiger partial charge in [0.05, 0.1) is 12.4 Å². The zero-order valence-electron chi connectivity index (χ0n) is 5.52. The number of rotatable bonds is 1. The Labute approximate surface area is 58.2 Å². The van der Waals surface area contributed by atoms with Crippen LogP contribution in [0.15, 0.2) is 12.4 Å². The molecule has 0 bridgehead atoms. The lowest BCUT2D eigenvalue weighted by atomic mass is 10.4. The summed E-state index contributed by atoms with van der Waals surface area (Å²) in [5.41, 5.74) is 0. The number of aromatic nitrogens is 2. The highest BCUT2D eigenvalue weighted by Crippen LogP contribution is 2.07. The van der Waals surface area contributed by atoms with Crippen LogP contribution in [0.4, 0.5) is 0 Å². The van der Waals surface area contributed by atoms with Crippen molar-refractivity contribution in [2.24, 2.45) is 0 Å². The second-order valence-electron chi connectivity index (χ2n) is 1.98. The molecule has 0 aliphatic rings. The normalized spacial score (nSPS) is 13.0. The molecule has 0 aromatic carbocycles. The van der Waals surface area contributed by atoms with Gasteiger partial charge in [-0.05, 0) is 6.92 Å². The van der Waals surface area contributed by atoms with E-state index in [1.807, 2.05) is 0 Å². The highest BCUT2D eigenvalue weighted by Gasteiger charge is 2.01. The predicted octanol–water partition coefficient (Wildman–Crippen LogP) is 0.235. The van der Waals surface area contributed by atoms with Gasteiger partial charge in [-0.15, -0.1) is 0 Å². The van der Waals surface area contributed by atoms with E-state index in [0.717, 1.165) is 0 Å². The number of aromatic hydroxyl groups is 1. The molecule has 1 aromatic rings. The Balaban J connectivity index is 2.89. The van der Waals surface area contributed by atoms with Gasteiger partial charge in [0.25, 0.3) is 0 Å². The number of aliphatic hydroxyl groups excluding tert-OH is 1. The van der Waals surface area contributed by atoms with Crippen molar-refractivity contribution >= 4 is 0 Å². The molecule has 0 amide bonds. The summed E-state index contributed by atoms with van der Waals surface area (Å²) in [6, 6.07) is 0. The highest BCUT2D eigenvalue weighted by atomic mass is 16.3. The molecule has 10 heavy (non-hydrogen) atoms. The van der Waals surface area contributed by atoms with Gasteiger partial charge in [0, 0.05) is 0 Å². The van der Waals surface area contributed by atoms with Gasteiger partial charge in [-0.1, -0.05) is 0 Å². The van der Waals surface area contributed by atoms with Crippen LogP contribution in [0.5, 0.6) is 5.75 Å². The fourth-order valence-electron chi connectivity index (χ4n) is 0.547. The van der Waals surface area contributed by atoms with Crippen LogP contribution >= 0.6 is 0 Å². The third-order valence-electron chi connectivity index (χ3n) is 1.03. The van der Waals surface area contributed by atoms with E-state index in [-0.39, 0.29) is 5.75 Å². The van der Waals surface area contributed by atoms with Gasteiger partial charge in [0.2, 0.25) is 0 Å². The SMILES string of the molecule is CC(O)c1ncc(O)cn1. The maximum atomic E-state index is 8.91. The molecule has 4 heteroatoms. The van der Waals surface area contributed by atoms with E-state index >= 15 is 0 Å². The summed E-state index contributed by atoms with van der Waals surface area (Å²) in [6.07, 6.45) is 1.81. The van der Waals surface area contributed by atoms with Crippen LogP contribution in [0.1, 0.15) is 18.9 Å². The first-order valence-corrected chi connectivity index (χ1v) is 2.89. The number of aliphatic hydroxyl groups is 1. The zero-order chi connectivity index (χ0) is 7.56. The standard InChI is InChI=1S/C6H8N2O2/c1-4(9)6-7-2-5(10)3-8-6/h2-4,9-10H,1H3. The van der Waals surface area contributed by atoms with Crippen molar-refractivity contribution in [2.75, 3.05) is 0 Å². The Kier molecular flexibility index (Phi) is 1.82. The summed E-state index contributed by atoms with van der Waals surface area (Å²) in [4.78, 5) is 7.33. The summed E-state index contributed by atoms with van der Waals surface area (Å²) in [5, 5.41) is 17.6. The number of nitrogens with zero attached hydrogens (tertiary/aromatic N) is 2. The van der Waals surface area contributed by atoms with Crippen LogP contribution in [0, 0.1) is 0 Å². The zero-order valence-corrected chi connectivity index (χ0v) is 5.52. The molecule has 1 heterocycles. The molecular weight excluding hydrogens is 132 g/mol. The molecular formula is C6H8N2O2. The largest absolute Gasteiger partial charge is 0.505 e. The van der Waals surface area contributed by atoms with E-state index < -0.39 is 6.10 Å². The molecule has 0 saturated carbocycles. The molecule has 0 saturated heterocycles. The van der Waals surface area contributed by atoms with Crippen LogP contribution in [-0.2, 0) is 0 Å². The molecule has 1 rings (SSSR count). The fourth-order valence-corrected chi connectivity index (χ4v) is 0.547. The maximum Gasteiger partial charge on any atom is 0.156 e. The Hall–Kier alpha value is -1.16. The Morgan fingerprint density at radius 2 is 1.90 bits per heavy atom. The maximum absolute atomic E-state index is 8.91. The second-order valence-corrected chi connectivity index (χ2v) is 1.98. The van der Waals surface area contributed by atoms with Crippen LogP contribution in [0.25, 0.3) is 0 Å². The van der Waals surface area contributed by atoms with Gasteiger partial charge in [-0.25, -0.2) is 9.97 Å². The van der Waals surface area contributed by atoms with Crippen molar-refractivity contribution in [2.45, 2.75) is 13.0 Å². The number of hydrogen-bond donors (Lipinski definition) is 2. The Morgan fingerprint density at radius 1 is 1.40 bits per heavy atom. The monoisotopic (exact) mass is 140 g/mol. The van der Waals surface area contributed by atoms with Crippen molar-refractivity contribution in [1.29, 1.82) is 0 Å². The van der Waals surface area contributed by atoms with Crippen molar-refractivity contribution in [3.8, 4) is 5.75 Å². The minimum Gasteiger partial charge on any atom is -0.505 e. The van der Waals surface area contributed by atoms with Crippen molar-refractivity contribution < 1.29 is 10.2 Å². The number of hydrogen-bond acceptors (Lipinski definition) is 4. The first kappa shape index (κ1) is 6.95. The molecule has 1 unspecified atom stereocenters. The van der Waals surface area contributed by atoms with Crippen molar-refractivity contribution in [3.05, 3.63) is 18.2 Å². The average molecular weight is 140 g/mol. The highest BCUT2D eigenvalue weighted by molar-refractivity contribution is 5.09. The summed E-state index contributed by atoms with van der Waals surface area (Å²) in [6.45, 7) is 1.56. The third kappa shape index (κ3) is 1.41. The summed E-state index contributed by atoms with van der Waals surface area (Å²) < 4.78 is 0. The lowest BCUT2D eigenvalue weighted by molar-refractivity contribution is 0.188. The van der Waals surface area contributed by atoms with E-state index in [4.69, 9.17) is 10.2 Å². The topological polar surface area (TPSA) is 66.2 Å². The Bertz CT molecular complexity index is 207. The first-order chi connectivity index (χ1) is 4.70. The lowest BCUT2D eigenvalue weighted by Gasteiger charge is -1.99. The first-order valence-electron chi connectivity index (χ1n) is 2.89. The Morgan fingerprint density at radius 3 is 2.30 bits per heavy atom. The molecule has 2 N–H and O–H groups in total. The van der Waals surface area contributed by atoms with E-state index in [9.17, 15) is 0 Å². The van der Waals surface area contributed by atoms with Gasteiger partial charge in [-0.2, -0.15) is 0 Å². The van der Waals surface area contributed by atoms with Gasteiger partial charge < -0.3 is 10.2 Å². The second kappa shape index (κ2) is 2.62. The van der Waals surface area contributed by atoms with Gasteiger partial charge in [-0.3, -0.25) is 0 Å². The molecule has 0 aliphatic heterocycles. The van der Waals surface area contributed by atoms with Gasteiger partial charge in [0.15, 0.2) is 11.6 Å². The average Bonchev–Trinajstić information content (AvgIpc) is 1.88. The smallest absolute Gasteiger partial charge is 0.156 e. The molecule has 0 spiro atoms. The van der Waals surface area contributed by atoms with Gasteiger partial charge in [0.1, 0.15) is 6.10 Å². The summed E-state index contributed by atoms with van der Waals surface area (Å²) >= 11 is 0. The van der Waals surface area contributed by atoms with Crippen LogP contribution in [-0.4, -0.2) is 20.2 Å². The van der Waals surface area contributed by atoms with E-state index in [2.05, 4.69) is 9.97 Å². The van der Waals surface area contributed by atoms with Gasteiger partial charge >= 0.3 is 0 Å². The molecule has 0 radical (unpaired) electrons. The van der Waals surface area contributed by atoms with E-state index in [1.165, 1.54) is 12.4 Å². The summed E-state index contributed by atoms with van der Waals surface area (Å²) in [5.74, 6) is 0.321. The van der Waals surface area contributed by atoms with Crippen LogP contribution in [0.2, 0.25) is 0 Å². The predicted molar refractivity (Wildman–Crippen MR) is 34.3 cm³/mol. The lowest BCUT2D eigenvalue weighted by Crippen LogP contribution is -1.97. The molecule has 1 aromatic heterocycles. The fraction of sp³-hybridized carbons (Fsp3) is 0.333. The van der Waals surface area contributed by atoms with Crippen LogP contribution < -0.4 is 0 Å². The summed E-state index contributed by atoms with van der Waals surface area (Å²) in [7, 11) is 0. The minimum atomic E-state index is -0.680. The van der Waals surface area contributed by atoms with E-state index in [1.54, 1.807) is 6.92 Å². The molecule has 0 fully saturated rings. The molecule has 54 valence electrons. The van der Waals surface area contributed by atoms with Crippen LogP contribution in [0.3, 0.4) is 0 Å². The molecule has 0 aliphatic carbocycles. The molecule has 4 nitrogen and oxygen atoms in total. The quantitative estimate of drug-likeness (QED) is 0.586.